The van der Waals surface area contributed by atoms with E-state index in [1.807, 2.05) is 12.1 Å². The second-order valence-corrected chi connectivity index (χ2v) is 6.61. The normalized spacial score (nSPS) is 19.1. The zero-order chi connectivity index (χ0) is 15.7. The van der Waals surface area contributed by atoms with E-state index in [1.165, 1.54) is 16.7 Å². The smallest absolute Gasteiger partial charge is 0.0406 e. The van der Waals surface area contributed by atoms with E-state index in [9.17, 15) is 0 Å². The molecule has 0 spiro atoms. The Kier molecular flexibility index (Phi) is 3.71. The molecule has 0 saturated heterocycles. The van der Waals surface area contributed by atoms with Gasteiger partial charge in [-0.3, -0.25) is 0 Å². The Bertz CT molecular complexity index is 736. The van der Waals surface area contributed by atoms with E-state index in [1.54, 1.807) is 0 Å². The molecular formula is C22H18Cl. The van der Waals surface area contributed by atoms with E-state index < -0.39 is 0 Å². The van der Waals surface area contributed by atoms with Crippen LogP contribution in [0.2, 0.25) is 5.02 Å². The van der Waals surface area contributed by atoms with Crippen molar-refractivity contribution in [2.24, 2.45) is 0 Å². The molecule has 0 N–H and O–H groups in total. The van der Waals surface area contributed by atoms with Crippen LogP contribution >= 0.6 is 11.6 Å². The van der Waals surface area contributed by atoms with Crippen molar-refractivity contribution < 1.29 is 0 Å². The quantitative estimate of drug-likeness (QED) is 0.554. The molecule has 4 rings (SSSR count). The van der Waals surface area contributed by atoms with Gasteiger partial charge in [0.2, 0.25) is 0 Å². The highest BCUT2D eigenvalue weighted by atomic mass is 35.5. The van der Waals surface area contributed by atoms with Crippen molar-refractivity contribution in [3.05, 3.63) is 113 Å². The van der Waals surface area contributed by atoms with Crippen molar-refractivity contribution in [3.8, 4) is 0 Å². The third-order valence-corrected chi connectivity index (χ3v) is 5.27. The van der Waals surface area contributed by atoms with Crippen LogP contribution in [0.3, 0.4) is 0 Å². The summed E-state index contributed by atoms with van der Waals surface area (Å²) in [5, 5.41) is 0.790. The van der Waals surface area contributed by atoms with Gasteiger partial charge in [0, 0.05) is 16.4 Å². The molecule has 3 aromatic carbocycles. The molecule has 1 radical (unpaired) electrons. The van der Waals surface area contributed by atoms with Gasteiger partial charge in [0.25, 0.3) is 0 Å². The number of benzene rings is 3. The Balaban J connectivity index is 1.86. The maximum atomic E-state index is 6.07. The topological polar surface area (TPSA) is 0 Å². The lowest BCUT2D eigenvalue weighted by atomic mass is 9.52. The Morgan fingerprint density at radius 2 is 1.22 bits per heavy atom. The summed E-state index contributed by atoms with van der Waals surface area (Å²) in [4.78, 5) is 0. The third kappa shape index (κ3) is 2.38. The van der Waals surface area contributed by atoms with Crippen molar-refractivity contribution in [1.82, 2.24) is 0 Å². The molecule has 0 aliphatic heterocycles. The van der Waals surface area contributed by atoms with Crippen LogP contribution in [0.4, 0.5) is 0 Å². The standard InChI is InChI=1S/C22H18Cl/c23-20-13-11-17(12-14-20)21-15-16-22(21,18-7-3-1-4-8-18)19-9-5-2-6-10-19/h1-15,21H,16H2/t21-/m1/s1. The molecule has 1 aliphatic carbocycles. The first-order valence-electron chi connectivity index (χ1n) is 8.00. The fraction of sp³-hybridized carbons (Fsp3) is 0.136. The summed E-state index contributed by atoms with van der Waals surface area (Å²) in [6, 6.07) is 30.0. The Morgan fingerprint density at radius 1 is 0.696 bits per heavy atom. The highest BCUT2D eigenvalue weighted by Gasteiger charge is 2.49. The lowest BCUT2D eigenvalue weighted by molar-refractivity contribution is 0.332. The van der Waals surface area contributed by atoms with E-state index in [2.05, 4.69) is 79.2 Å². The molecule has 0 heterocycles. The summed E-state index contributed by atoms with van der Waals surface area (Å²) in [6.07, 6.45) is 3.48. The molecule has 1 saturated carbocycles. The lowest BCUT2D eigenvalue weighted by Crippen LogP contribution is -2.44. The zero-order valence-electron chi connectivity index (χ0n) is 12.8. The third-order valence-electron chi connectivity index (χ3n) is 5.01. The summed E-state index contributed by atoms with van der Waals surface area (Å²) < 4.78 is 0. The van der Waals surface area contributed by atoms with Gasteiger partial charge in [-0.2, -0.15) is 0 Å². The van der Waals surface area contributed by atoms with E-state index in [4.69, 9.17) is 11.6 Å². The first kappa shape index (κ1) is 14.5. The van der Waals surface area contributed by atoms with E-state index in [0.717, 1.165) is 11.4 Å². The van der Waals surface area contributed by atoms with Crippen molar-refractivity contribution >= 4 is 11.6 Å². The first-order valence-corrected chi connectivity index (χ1v) is 8.38. The van der Waals surface area contributed by atoms with Gasteiger partial charge < -0.3 is 0 Å². The molecule has 0 bridgehead atoms. The molecule has 23 heavy (non-hydrogen) atoms. The van der Waals surface area contributed by atoms with Crippen LogP contribution in [0.15, 0.2) is 84.9 Å². The van der Waals surface area contributed by atoms with Crippen molar-refractivity contribution in [2.45, 2.75) is 17.8 Å². The molecule has 0 aromatic heterocycles. The molecule has 3 aromatic rings. The van der Waals surface area contributed by atoms with Crippen LogP contribution < -0.4 is 0 Å². The fourth-order valence-corrected chi connectivity index (χ4v) is 3.92. The molecule has 1 fully saturated rings. The Labute approximate surface area is 142 Å². The van der Waals surface area contributed by atoms with Crippen LogP contribution in [0.5, 0.6) is 0 Å². The average Bonchev–Trinajstić information content (AvgIpc) is 2.58. The van der Waals surface area contributed by atoms with Crippen molar-refractivity contribution in [3.63, 3.8) is 0 Å². The van der Waals surface area contributed by atoms with Gasteiger partial charge in [0.15, 0.2) is 0 Å². The first-order chi connectivity index (χ1) is 11.3. The number of halogens is 1. The van der Waals surface area contributed by atoms with Gasteiger partial charge in [0.05, 0.1) is 0 Å². The predicted octanol–water partition coefficient (Wildman–Crippen LogP) is 6.02. The van der Waals surface area contributed by atoms with Gasteiger partial charge in [-0.25, -0.2) is 0 Å². The van der Waals surface area contributed by atoms with Crippen LogP contribution in [0.1, 0.15) is 29.0 Å². The number of hydrogen-bond acceptors (Lipinski definition) is 0. The van der Waals surface area contributed by atoms with Gasteiger partial charge >= 0.3 is 0 Å². The van der Waals surface area contributed by atoms with Crippen molar-refractivity contribution in [1.29, 1.82) is 0 Å². The minimum atomic E-state index is 0.0242. The highest BCUT2D eigenvalue weighted by Crippen LogP contribution is 2.57. The Morgan fingerprint density at radius 3 is 1.65 bits per heavy atom. The van der Waals surface area contributed by atoms with Gasteiger partial charge in [-0.1, -0.05) is 84.4 Å². The van der Waals surface area contributed by atoms with E-state index >= 15 is 0 Å². The lowest BCUT2D eigenvalue weighted by Gasteiger charge is -2.51. The minimum absolute atomic E-state index is 0.0242. The summed E-state index contributed by atoms with van der Waals surface area (Å²) >= 11 is 6.07. The molecule has 0 nitrogen and oxygen atoms in total. The Hall–Kier alpha value is -2.05. The number of hydrogen-bond donors (Lipinski definition) is 0. The molecule has 1 atom stereocenters. The van der Waals surface area contributed by atoms with Gasteiger partial charge in [-0.05, 0) is 41.7 Å². The fourth-order valence-electron chi connectivity index (χ4n) is 3.79. The van der Waals surface area contributed by atoms with Gasteiger partial charge in [0.1, 0.15) is 0 Å². The highest BCUT2D eigenvalue weighted by molar-refractivity contribution is 6.30. The van der Waals surface area contributed by atoms with Crippen LogP contribution in [-0.4, -0.2) is 0 Å². The molecule has 1 aliphatic rings. The predicted molar refractivity (Wildman–Crippen MR) is 96.8 cm³/mol. The summed E-state index contributed by atoms with van der Waals surface area (Å²) in [7, 11) is 0. The molecule has 113 valence electrons. The van der Waals surface area contributed by atoms with E-state index in [-0.39, 0.29) is 5.41 Å². The monoisotopic (exact) mass is 317 g/mol. The summed E-state index contributed by atoms with van der Waals surface area (Å²) in [6.45, 7) is 0. The largest absolute Gasteiger partial charge is 0.0843 e. The summed E-state index contributed by atoms with van der Waals surface area (Å²) in [5.74, 6) is 0.379. The second-order valence-electron chi connectivity index (χ2n) is 6.17. The van der Waals surface area contributed by atoms with Crippen LogP contribution in [-0.2, 0) is 5.41 Å². The maximum Gasteiger partial charge on any atom is 0.0406 e. The van der Waals surface area contributed by atoms with E-state index in [0.29, 0.717) is 5.92 Å². The molecular weight excluding hydrogens is 300 g/mol. The zero-order valence-corrected chi connectivity index (χ0v) is 13.6. The van der Waals surface area contributed by atoms with Gasteiger partial charge in [-0.15, -0.1) is 0 Å². The molecule has 0 amide bonds. The maximum absolute atomic E-state index is 6.07. The van der Waals surface area contributed by atoms with Crippen LogP contribution in [0, 0.1) is 6.42 Å². The van der Waals surface area contributed by atoms with Crippen LogP contribution in [0.25, 0.3) is 0 Å². The average molecular weight is 318 g/mol. The minimum Gasteiger partial charge on any atom is -0.0843 e. The summed E-state index contributed by atoms with van der Waals surface area (Å²) in [5.41, 5.74) is 4.12. The molecule has 1 heteroatoms. The second kappa shape index (κ2) is 5.86. The van der Waals surface area contributed by atoms with Crippen molar-refractivity contribution in [2.75, 3.05) is 0 Å². The molecule has 0 unspecified atom stereocenters. The SMILES string of the molecule is Clc1ccc([C@H]2[CH]CC2(c2ccccc2)c2ccccc2)cc1. The number of rotatable bonds is 3.